The van der Waals surface area contributed by atoms with E-state index >= 15 is 0 Å². The van der Waals surface area contributed by atoms with Crippen molar-refractivity contribution < 1.29 is 19.2 Å². The van der Waals surface area contributed by atoms with E-state index in [1.807, 2.05) is 0 Å². The minimum atomic E-state index is -0.687. The number of nitrogens with zero attached hydrogens (tertiary/aromatic N) is 3. The summed E-state index contributed by atoms with van der Waals surface area (Å²) in [5.74, 6) is -1.59. The van der Waals surface area contributed by atoms with Crippen molar-refractivity contribution in [2.75, 3.05) is 26.3 Å². The SMILES string of the molecule is CCN(C(=O)c1ccccc1C(N)=O)C1CC(=O)N(CN2CCCCC2)C(=O)C1. The van der Waals surface area contributed by atoms with Crippen molar-refractivity contribution in [3.63, 3.8) is 0 Å². The number of benzene rings is 1. The number of piperidine rings is 2. The summed E-state index contributed by atoms with van der Waals surface area (Å²) in [5.41, 5.74) is 5.72. The molecule has 0 unspecified atom stereocenters. The molecule has 3 rings (SSSR count). The zero-order valence-electron chi connectivity index (χ0n) is 16.8. The van der Waals surface area contributed by atoms with Gasteiger partial charge >= 0.3 is 0 Å². The van der Waals surface area contributed by atoms with Crippen LogP contribution in [-0.4, -0.2) is 70.7 Å². The van der Waals surface area contributed by atoms with Gasteiger partial charge in [-0.3, -0.25) is 29.0 Å². The van der Waals surface area contributed by atoms with Gasteiger partial charge in [0, 0.05) is 25.4 Å². The lowest BCUT2D eigenvalue weighted by Gasteiger charge is -2.39. The average molecular weight is 400 g/mol. The Bertz CT molecular complexity index is 786. The molecule has 1 aromatic rings. The standard InChI is InChI=1S/C21H28N4O4/c1-2-24(21(29)17-9-5-4-8-16(17)20(22)28)15-12-18(26)25(19(27)13-15)14-23-10-6-3-7-11-23/h4-5,8-9,15H,2-3,6-7,10-14H2,1H3,(H2,22,28). The molecule has 8 heteroatoms. The molecule has 2 fully saturated rings. The van der Waals surface area contributed by atoms with Gasteiger partial charge in [0.15, 0.2) is 0 Å². The summed E-state index contributed by atoms with van der Waals surface area (Å²) < 4.78 is 0. The maximum atomic E-state index is 13.1. The first-order valence-corrected chi connectivity index (χ1v) is 10.2. The van der Waals surface area contributed by atoms with Crippen LogP contribution in [0.3, 0.4) is 0 Å². The summed E-state index contributed by atoms with van der Waals surface area (Å²) in [7, 11) is 0. The molecule has 2 saturated heterocycles. The first kappa shape index (κ1) is 21.0. The van der Waals surface area contributed by atoms with Gasteiger partial charge in [-0.15, -0.1) is 0 Å². The van der Waals surface area contributed by atoms with Crippen molar-refractivity contribution in [2.45, 2.75) is 45.1 Å². The van der Waals surface area contributed by atoms with Crippen LogP contribution in [0.5, 0.6) is 0 Å². The Morgan fingerprint density at radius 3 is 2.17 bits per heavy atom. The van der Waals surface area contributed by atoms with E-state index in [2.05, 4.69) is 4.90 Å². The third-order valence-corrected chi connectivity index (χ3v) is 5.68. The van der Waals surface area contributed by atoms with Crippen LogP contribution in [0.4, 0.5) is 0 Å². The van der Waals surface area contributed by atoms with Crippen molar-refractivity contribution in [1.29, 1.82) is 0 Å². The molecule has 156 valence electrons. The Morgan fingerprint density at radius 1 is 1.03 bits per heavy atom. The van der Waals surface area contributed by atoms with Gasteiger partial charge < -0.3 is 10.6 Å². The summed E-state index contributed by atoms with van der Waals surface area (Å²) in [6.07, 6.45) is 3.53. The van der Waals surface area contributed by atoms with Crippen LogP contribution in [-0.2, 0) is 9.59 Å². The Balaban J connectivity index is 1.73. The number of amides is 4. The smallest absolute Gasteiger partial charge is 0.254 e. The first-order valence-electron chi connectivity index (χ1n) is 10.2. The second-order valence-corrected chi connectivity index (χ2v) is 7.60. The maximum absolute atomic E-state index is 13.1. The quantitative estimate of drug-likeness (QED) is 0.723. The lowest BCUT2D eigenvalue weighted by Crippen LogP contribution is -2.55. The number of hydrogen-bond donors (Lipinski definition) is 1. The number of hydrogen-bond acceptors (Lipinski definition) is 5. The molecule has 8 nitrogen and oxygen atoms in total. The number of likely N-dealkylation sites (tertiary alicyclic amines) is 2. The van der Waals surface area contributed by atoms with Crippen LogP contribution >= 0.6 is 0 Å². The Morgan fingerprint density at radius 2 is 1.62 bits per heavy atom. The second-order valence-electron chi connectivity index (χ2n) is 7.60. The Kier molecular flexibility index (Phi) is 6.64. The fourth-order valence-electron chi connectivity index (χ4n) is 4.12. The molecule has 4 amide bonds. The van der Waals surface area contributed by atoms with Crippen LogP contribution in [0, 0.1) is 0 Å². The second kappa shape index (κ2) is 9.17. The summed E-state index contributed by atoms with van der Waals surface area (Å²) >= 11 is 0. The molecule has 0 radical (unpaired) electrons. The summed E-state index contributed by atoms with van der Waals surface area (Å²) in [5, 5.41) is 0. The first-order chi connectivity index (χ1) is 13.9. The van der Waals surface area contributed by atoms with E-state index in [1.165, 1.54) is 22.3 Å². The van der Waals surface area contributed by atoms with Gasteiger partial charge in [0.05, 0.1) is 17.8 Å². The number of primary amides is 1. The number of nitrogens with two attached hydrogens (primary N) is 1. The Labute approximate surface area is 170 Å². The predicted molar refractivity (Wildman–Crippen MR) is 107 cm³/mol. The Hall–Kier alpha value is -2.74. The monoisotopic (exact) mass is 400 g/mol. The van der Waals surface area contributed by atoms with Gasteiger partial charge in [-0.25, -0.2) is 0 Å². The van der Waals surface area contributed by atoms with Crippen LogP contribution in [0.15, 0.2) is 24.3 Å². The summed E-state index contributed by atoms with van der Waals surface area (Å²) in [4.78, 5) is 55.1. The van der Waals surface area contributed by atoms with Crippen molar-refractivity contribution >= 4 is 23.6 Å². The number of carbonyl (C=O) groups is 4. The van der Waals surface area contributed by atoms with Crippen molar-refractivity contribution in [3.05, 3.63) is 35.4 Å². The number of rotatable bonds is 6. The zero-order valence-corrected chi connectivity index (χ0v) is 16.8. The maximum Gasteiger partial charge on any atom is 0.254 e. The van der Waals surface area contributed by atoms with Gasteiger partial charge in [0.25, 0.3) is 5.91 Å². The highest BCUT2D eigenvalue weighted by molar-refractivity contribution is 6.07. The van der Waals surface area contributed by atoms with Crippen molar-refractivity contribution in [1.82, 2.24) is 14.7 Å². The summed E-state index contributed by atoms with van der Waals surface area (Å²) in [6.45, 7) is 4.23. The highest BCUT2D eigenvalue weighted by Gasteiger charge is 2.38. The van der Waals surface area contributed by atoms with E-state index in [0.717, 1.165) is 25.9 Å². The molecule has 29 heavy (non-hydrogen) atoms. The fourth-order valence-corrected chi connectivity index (χ4v) is 4.12. The topological polar surface area (TPSA) is 104 Å². The molecule has 1 aromatic carbocycles. The van der Waals surface area contributed by atoms with Crippen molar-refractivity contribution in [3.8, 4) is 0 Å². The van der Waals surface area contributed by atoms with Crippen LogP contribution in [0.25, 0.3) is 0 Å². The molecule has 2 aliphatic rings. The third-order valence-electron chi connectivity index (χ3n) is 5.68. The summed E-state index contributed by atoms with van der Waals surface area (Å²) in [6, 6.07) is 5.82. The lowest BCUT2D eigenvalue weighted by molar-refractivity contribution is -0.153. The molecular weight excluding hydrogens is 372 g/mol. The highest BCUT2D eigenvalue weighted by Crippen LogP contribution is 2.23. The van der Waals surface area contributed by atoms with Crippen LogP contribution < -0.4 is 5.73 Å². The van der Waals surface area contributed by atoms with E-state index in [-0.39, 0.29) is 35.8 Å². The molecule has 2 N–H and O–H groups in total. The predicted octanol–water partition coefficient (Wildman–Crippen LogP) is 1.21. The van der Waals surface area contributed by atoms with E-state index in [0.29, 0.717) is 13.2 Å². The molecule has 0 spiro atoms. The molecule has 0 saturated carbocycles. The van der Waals surface area contributed by atoms with E-state index in [1.54, 1.807) is 25.1 Å². The zero-order chi connectivity index (χ0) is 21.0. The minimum Gasteiger partial charge on any atom is -0.366 e. The lowest BCUT2D eigenvalue weighted by atomic mass is 9.99. The molecule has 0 aromatic heterocycles. The van der Waals surface area contributed by atoms with Gasteiger partial charge in [0.1, 0.15) is 0 Å². The molecule has 0 aliphatic carbocycles. The van der Waals surface area contributed by atoms with E-state index in [4.69, 9.17) is 5.73 Å². The number of carbonyl (C=O) groups excluding carboxylic acids is 4. The van der Waals surface area contributed by atoms with Crippen LogP contribution in [0.1, 0.15) is 59.7 Å². The molecule has 0 atom stereocenters. The third kappa shape index (κ3) is 4.64. The minimum absolute atomic E-state index is 0.0951. The molecule has 2 heterocycles. The highest BCUT2D eigenvalue weighted by atomic mass is 16.2. The van der Waals surface area contributed by atoms with Crippen molar-refractivity contribution in [2.24, 2.45) is 5.73 Å². The average Bonchev–Trinajstić information content (AvgIpc) is 2.72. The van der Waals surface area contributed by atoms with E-state index < -0.39 is 17.9 Å². The van der Waals surface area contributed by atoms with E-state index in [9.17, 15) is 19.2 Å². The van der Waals surface area contributed by atoms with Gasteiger partial charge in [-0.1, -0.05) is 18.6 Å². The van der Waals surface area contributed by atoms with Gasteiger partial charge in [0.2, 0.25) is 17.7 Å². The van der Waals surface area contributed by atoms with Crippen LogP contribution in [0.2, 0.25) is 0 Å². The largest absolute Gasteiger partial charge is 0.366 e. The number of imide groups is 1. The van der Waals surface area contributed by atoms with Gasteiger partial charge in [-0.05, 0) is 45.0 Å². The molecular formula is C21H28N4O4. The molecule has 0 bridgehead atoms. The normalized spacial score (nSPS) is 18.7. The van der Waals surface area contributed by atoms with Gasteiger partial charge in [-0.2, -0.15) is 0 Å². The fraction of sp³-hybridized carbons (Fsp3) is 0.524. The molecule has 2 aliphatic heterocycles.